The van der Waals surface area contributed by atoms with Gasteiger partial charge in [0.15, 0.2) is 19.7 Å². The minimum absolute atomic E-state index is 0.0248. The molecule has 8 heteroatoms. The van der Waals surface area contributed by atoms with E-state index < -0.39 is 43.3 Å². The van der Waals surface area contributed by atoms with Crippen LogP contribution in [0.25, 0.3) is 0 Å². The summed E-state index contributed by atoms with van der Waals surface area (Å²) in [4.78, 5) is 11.6. The van der Waals surface area contributed by atoms with E-state index in [1.807, 2.05) is 0 Å². The highest BCUT2D eigenvalue weighted by Gasteiger charge is 2.29. The molecule has 138 valence electrons. The summed E-state index contributed by atoms with van der Waals surface area (Å²) in [6.45, 7) is 3.25. The van der Waals surface area contributed by atoms with E-state index in [1.54, 1.807) is 36.4 Å². The molecule has 0 spiro atoms. The zero-order valence-corrected chi connectivity index (χ0v) is 15.4. The number of esters is 1. The number of sulfone groups is 2. The number of ether oxygens (including phenoxy) is 1. The molecule has 0 saturated carbocycles. The Morgan fingerprint density at radius 3 is 1.58 bits per heavy atom. The minimum Gasteiger partial charge on any atom is -0.457 e. The van der Waals surface area contributed by atoms with Crippen LogP contribution >= 0.6 is 0 Å². The molecule has 0 N–H and O–H groups in total. The Hall–Kier alpha value is -2.45. The van der Waals surface area contributed by atoms with Gasteiger partial charge in [-0.3, -0.25) is 0 Å². The van der Waals surface area contributed by atoms with Crippen molar-refractivity contribution in [2.45, 2.75) is 15.9 Å². The van der Waals surface area contributed by atoms with Crippen molar-refractivity contribution in [1.29, 1.82) is 0 Å². The summed E-state index contributed by atoms with van der Waals surface area (Å²) < 4.78 is 55.1. The molecule has 0 radical (unpaired) electrons. The van der Waals surface area contributed by atoms with Crippen molar-refractivity contribution in [3.63, 3.8) is 0 Å². The van der Waals surface area contributed by atoms with Crippen molar-refractivity contribution in [2.24, 2.45) is 0 Å². The van der Waals surface area contributed by atoms with Crippen LogP contribution in [0.15, 0.2) is 83.1 Å². The third kappa shape index (κ3) is 5.27. The van der Waals surface area contributed by atoms with Crippen LogP contribution in [0.1, 0.15) is 0 Å². The van der Waals surface area contributed by atoms with Gasteiger partial charge in [0.1, 0.15) is 6.10 Å². The van der Waals surface area contributed by atoms with E-state index in [4.69, 9.17) is 4.74 Å². The third-order valence-electron chi connectivity index (χ3n) is 3.46. The number of carbonyl (C=O) groups is 1. The molecule has 0 aliphatic heterocycles. The van der Waals surface area contributed by atoms with Crippen molar-refractivity contribution in [2.75, 3.05) is 11.5 Å². The molecule has 2 aromatic carbocycles. The SMILES string of the molecule is C=CC(=O)OC(CS(=O)(=O)c1ccccc1)CS(=O)(=O)c1ccccc1. The van der Waals surface area contributed by atoms with Crippen LogP contribution in [0.2, 0.25) is 0 Å². The monoisotopic (exact) mass is 394 g/mol. The lowest BCUT2D eigenvalue weighted by Crippen LogP contribution is -2.33. The van der Waals surface area contributed by atoms with Gasteiger partial charge in [-0.05, 0) is 24.3 Å². The summed E-state index contributed by atoms with van der Waals surface area (Å²) in [7, 11) is -7.69. The van der Waals surface area contributed by atoms with Gasteiger partial charge in [-0.2, -0.15) is 0 Å². The Morgan fingerprint density at radius 1 is 0.846 bits per heavy atom. The Balaban J connectivity index is 2.29. The first kappa shape index (κ1) is 19.9. The van der Waals surface area contributed by atoms with Crippen LogP contribution < -0.4 is 0 Å². The fraction of sp³-hybridized carbons (Fsp3) is 0.167. The molecule has 0 heterocycles. The van der Waals surface area contributed by atoms with Crippen molar-refractivity contribution >= 4 is 25.6 Å². The lowest BCUT2D eigenvalue weighted by atomic mass is 10.4. The number of carbonyl (C=O) groups excluding carboxylic acids is 1. The third-order valence-corrected chi connectivity index (χ3v) is 7.07. The highest BCUT2D eigenvalue weighted by atomic mass is 32.2. The quantitative estimate of drug-likeness (QED) is 0.502. The average Bonchev–Trinajstić information content (AvgIpc) is 2.62. The maximum atomic E-state index is 12.5. The zero-order chi connectivity index (χ0) is 19.2. The van der Waals surface area contributed by atoms with E-state index in [9.17, 15) is 21.6 Å². The van der Waals surface area contributed by atoms with E-state index >= 15 is 0 Å². The molecule has 0 saturated heterocycles. The van der Waals surface area contributed by atoms with E-state index in [-0.39, 0.29) is 9.79 Å². The lowest BCUT2D eigenvalue weighted by Gasteiger charge is -2.17. The van der Waals surface area contributed by atoms with Crippen LogP contribution in [0.3, 0.4) is 0 Å². The Kier molecular flexibility index (Phi) is 6.33. The van der Waals surface area contributed by atoms with Crippen molar-refractivity contribution in [1.82, 2.24) is 0 Å². The first-order valence-electron chi connectivity index (χ1n) is 7.63. The van der Waals surface area contributed by atoms with Gasteiger partial charge in [-0.25, -0.2) is 21.6 Å². The Bertz CT molecular complexity index is 893. The van der Waals surface area contributed by atoms with Gasteiger partial charge in [0, 0.05) is 6.08 Å². The standard InChI is InChI=1S/C18H18O6S2/c1-2-18(19)24-15(13-25(20,21)16-9-5-3-6-10-16)14-26(22,23)17-11-7-4-8-12-17/h2-12,15H,1,13-14H2. The van der Waals surface area contributed by atoms with Crippen LogP contribution in [0.5, 0.6) is 0 Å². The fourth-order valence-electron chi connectivity index (χ4n) is 2.27. The van der Waals surface area contributed by atoms with Crippen LogP contribution in [0.4, 0.5) is 0 Å². The summed E-state index contributed by atoms with van der Waals surface area (Å²) in [6.07, 6.45) is -0.506. The topological polar surface area (TPSA) is 94.6 Å². The summed E-state index contributed by atoms with van der Waals surface area (Å²) in [6, 6.07) is 15.1. The second-order valence-corrected chi connectivity index (χ2v) is 9.52. The van der Waals surface area contributed by atoms with E-state index in [2.05, 4.69) is 6.58 Å². The maximum Gasteiger partial charge on any atom is 0.330 e. The van der Waals surface area contributed by atoms with Crippen molar-refractivity contribution < 1.29 is 26.4 Å². The van der Waals surface area contributed by atoms with Crippen molar-refractivity contribution in [3.8, 4) is 0 Å². The van der Waals surface area contributed by atoms with Gasteiger partial charge in [-0.15, -0.1) is 0 Å². The summed E-state index contributed by atoms with van der Waals surface area (Å²) in [5.74, 6) is -2.19. The van der Waals surface area contributed by atoms with Gasteiger partial charge >= 0.3 is 5.97 Å². The molecule has 26 heavy (non-hydrogen) atoms. The summed E-state index contributed by atoms with van der Waals surface area (Å²) >= 11 is 0. The van der Waals surface area contributed by atoms with Crippen LogP contribution in [0, 0.1) is 0 Å². The maximum absolute atomic E-state index is 12.5. The predicted octanol–water partition coefficient (Wildman–Crippen LogP) is 2.03. The van der Waals surface area contributed by atoms with Gasteiger partial charge in [0.2, 0.25) is 0 Å². The van der Waals surface area contributed by atoms with E-state index in [1.165, 1.54) is 24.3 Å². The summed E-state index contributed by atoms with van der Waals surface area (Å²) in [5.41, 5.74) is 0. The number of hydrogen-bond donors (Lipinski definition) is 0. The number of rotatable bonds is 8. The van der Waals surface area contributed by atoms with Crippen LogP contribution in [-0.4, -0.2) is 40.4 Å². The first-order chi connectivity index (χ1) is 12.2. The molecule has 2 rings (SSSR count). The average molecular weight is 394 g/mol. The smallest absolute Gasteiger partial charge is 0.330 e. The molecule has 0 aliphatic carbocycles. The highest BCUT2D eigenvalue weighted by Crippen LogP contribution is 2.17. The molecule has 0 aliphatic rings. The van der Waals surface area contributed by atoms with E-state index in [0.29, 0.717) is 0 Å². The van der Waals surface area contributed by atoms with Gasteiger partial charge < -0.3 is 4.74 Å². The molecule has 2 aromatic rings. The molecular weight excluding hydrogens is 376 g/mol. The zero-order valence-electron chi connectivity index (χ0n) is 13.8. The molecular formula is C18H18O6S2. The Morgan fingerprint density at radius 2 is 1.23 bits per heavy atom. The Labute approximate surface area is 153 Å². The van der Waals surface area contributed by atoms with Gasteiger partial charge in [0.25, 0.3) is 0 Å². The van der Waals surface area contributed by atoms with E-state index in [0.717, 1.165) is 6.08 Å². The normalized spacial score (nSPS) is 11.9. The fourth-order valence-corrected chi connectivity index (χ4v) is 5.29. The molecule has 0 atom stereocenters. The van der Waals surface area contributed by atoms with Crippen molar-refractivity contribution in [3.05, 3.63) is 73.3 Å². The second-order valence-electron chi connectivity index (χ2n) is 5.45. The first-order valence-corrected chi connectivity index (χ1v) is 10.9. The largest absolute Gasteiger partial charge is 0.457 e. The second kappa shape index (κ2) is 8.29. The van der Waals surface area contributed by atoms with Crippen LogP contribution in [-0.2, 0) is 29.2 Å². The predicted molar refractivity (Wildman–Crippen MR) is 97.1 cm³/mol. The summed E-state index contributed by atoms with van der Waals surface area (Å²) in [5, 5.41) is 0. The van der Waals surface area contributed by atoms with Gasteiger partial charge in [0.05, 0.1) is 21.3 Å². The molecule has 0 bridgehead atoms. The molecule has 6 nitrogen and oxygen atoms in total. The number of hydrogen-bond acceptors (Lipinski definition) is 6. The molecule has 0 fully saturated rings. The van der Waals surface area contributed by atoms with Gasteiger partial charge in [-0.1, -0.05) is 43.0 Å². The molecule has 0 aromatic heterocycles. The number of benzene rings is 2. The lowest BCUT2D eigenvalue weighted by molar-refractivity contribution is -0.140. The molecule has 0 unspecified atom stereocenters. The molecule has 0 amide bonds. The minimum atomic E-state index is -3.84. The highest BCUT2D eigenvalue weighted by molar-refractivity contribution is 7.92.